The summed E-state index contributed by atoms with van der Waals surface area (Å²) in [6.07, 6.45) is -1.97. The summed E-state index contributed by atoms with van der Waals surface area (Å²) in [4.78, 5) is 38.0. The number of hydrogen-bond donors (Lipinski definition) is 1. The van der Waals surface area contributed by atoms with E-state index in [-0.39, 0.29) is 30.8 Å². The maximum Gasteiger partial charge on any atom is 0.471 e. The van der Waals surface area contributed by atoms with Crippen molar-refractivity contribution in [2.24, 2.45) is 5.92 Å². The first kappa shape index (κ1) is 17.0. The Kier molecular flexibility index (Phi) is 4.44. The van der Waals surface area contributed by atoms with Gasteiger partial charge in [0.05, 0.1) is 0 Å². The number of alkyl halides is 3. The minimum absolute atomic E-state index is 0.0621. The molecule has 0 aromatic carbocycles. The van der Waals surface area contributed by atoms with Crippen LogP contribution in [0.5, 0.6) is 0 Å². The first-order chi connectivity index (χ1) is 11.3. The van der Waals surface area contributed by atoms with Gasteiger partial charge >= 0.3 is 12.1 Å². The summed E-state index contributed by atoms with van der Waals surface area (Å²) in [5.74, 6) is -2.32. The van der Waals surface area contributed by atoms with Gasteiger partial charge in [-0.05, 0) is 32.1 Å². The lowest BCUT2D eigenvalue weighted by Crippen LogP contribution is -2.52. The number of nitrogens with zero attached hydrogens (tertiary/aromatic N) is 2. The maximum atomic E-state index is 12.6. The van der Waals surface area contributed by atoms with Gasteiger partial charge in [0.15, 0.2) is 0 Å². The van der Waals surface area contributed by atoms with Crippen LogP contribution in [0.15, 0.2) is 0 Å². The molecule has 1 saturated carbocycles. The SMILES string of the molecule is O=C(NC1CCN(C(=O)C2CC2)C1)C1CCCN1C(=O)C(F)(F)F. The molecule has 2 unspecified atom stereocenters. The Hall–Kier alpha value is -1.80. The monoisotopic (exact) mass is 347 g/mol. The fourth-order valence-electron chi connectivity index (χ4n) is 3.41. The maximum absolute atomic E-state index is 12.6. The van der Waals surface area contributed by atoms with Crippen molar-refractivity contribution in [3.63, 3.8) is 0 Å². The molecule has 24 heavy (non-hydrogen) atoms. The van der Waals surface area contributed by atoms with Crippen molar-refractivity contribution in [1.29, 1.82) is 0 Å². The molecule has 2 aliphatic heterocycles. The molecule has 0 aromatic heterocycles. The van der Waals surface area contributed by atoms with Crippen LogP contribution in [0, 0.1) is 5.92 Å². The molecule has 134 valence electrons. The Morgan fingerprint density at radius 2 is 1.71 bits per heavy atom. The third-order valence-corrected chi connectivity index (χ3v) is 4.83. The van der Waals surface area contributed by atoms with Crippen molar-refractivity contribution in [2.45, 2.75) is 50.4 Å². The number of carbonyl (C=O) groups excluding carboxylic acids is 3. The van der Waals surface area contributed by atoms with Crippen molar-refractivity contribution >= 4 is 17.7 Å². The van der Waals surface area contributed by atoms with E-state index >= 15 is 0 Å². The highest BCUT2D eigenvalue weighted by Crippen LogP contribution is 2.32. The van der Waals surface area contributed by atoms with E-state index in [9.17, 15) is 27.6 Å². The van der Waals surface area contributed by atoms with Crippen molar-refractivity contribution in [3.8, 4) is 0 Å². The smallest absolute Gasteiger partial charge is 0.350 e. The van der Waals surface area contributed by atoms with Crippen LogP contribution < -0.4 is 5.32 Å². The first-order valence-electron chi connectivity index (χ1n) is 8.24. The van der Waals surface area contributed by atoms with Crippen LogP contribution in [0.25, 0.3) is 0 Å². The van der Waals surface area contributed by atoms with Gasteiger partial charge in [0.25, 0.3) is 0 Å². The summed E-state index contributed by atoms with van der Waals surface area (Å²) < 4.78 is 37.8. The van der Waals surface area contributed by atoms with Crippen molar-refractivity contribution in [3.05, 3.63) is 0 Å². The molecule has 9 heteroatoms. The molecule has 1 N–H and O–H groups in total. The summed E-state index contributed by atoms with van der Waals surface area (Å²) in [7, 11) is 0. The van der Waals surface area contributed by atoms with Crippen molar-refractivity contribution in [2.75, 3.05) is 19.6 Å². The van der Waals surface area contributed by atoms with Crippen LogP contribution in [0.4, 0.5) is 13.2 Å². The molecule has 3 aliphatic rings. The second-order valence-electron chi connectivity index (χ2n) is 6.71. The fourth-order valence-corrected chi connectivity index (χ4v) is 3.41. The largest absolute Gasteiger partial charge is 0.471 e. The predicted molar refractivity (Wildman–Crippen MR) is 76.6 cm³/mol. The number of hydrogen-bond acceptors (Lipinski definition) is 3. The molecule has 3 amide bonds. The van der Waals surface area contributed by atoms with E-state index in [1.165, 1.54) is 0 Å². The Labute approximate surface area is 137 Å². The lowest BCUT2D eigenvalue weighted by atomic mass is 10.1. The number of halogens is 3. The zero-order valence-electron chi connectivity index (χ0n) is 13.1. The molecule has 2 saturated heterocycles. The van der Waals surface area contributed by atoms with E-state index < -0.39 is 24.0 Å². The molecular weight excluding hydrogens is 327 g/mol. The average molecular weight is 347 g/mol. The van der Waals surface area contributed by atoms with Gasteiger partial charge in [-0.1, -0.05) is 0 Å². The van der Waals surface area contributed by atoms with Gasteiger partial charge in [0, 0.05) is 31.6 Å². The number of likely N-dealkylation sites (tertiary alicyclic amines) is 2. The zero-order chi connectivity index (χ0) is 17.5. The molecule has 0 spiro atoms. The average Bonchev–Trinajstić information content (AvgIpc) is 3.06. The molecule has 0 aromatic rings. The summed E-state index contributed by atoms with van der Waals surface area (Å²) in [6, 6.07) is -1.34. The number of nitrogens with one attached hydrogen (secondary N) is 1. The highest BCUT2D eigenvalue weighted by molar-refractivity contribution is 5.90. The van der Waals surface area contributed by atoms with Crippen molar-refractivity contribution in [1.82, 2.24) is 15.1 Å². The second-order valence-corrected chi connectivity index (χ2v) is 6.71. The Bertz CT molecular complexity index is 548. The number of carbonyl (C=O) groups is 3. The van der Waals surface area contributed by atoms with Crippen LogP contribution in [0.3, 0.4) is 0 Å². The van der Waals surface area contributed by atoms with Gasteiger partial charge in [-0.15, -0.1) is 0 Å². The van der Waals surface area contributed by atoms with E-state index in [0.717, 1.165) is 12.8 Å². The van der Waals surface area contributed by atoms with Crippen LogP contribution in [0.1, 0.15) is 32.1 Å². The molecule has 0 bridgehead atoms. The molecular formula is C15H20F3N3O3. The minimum atomic E-state index is -4.97. The molecule has 0 radical (unpaired) electrons. The Balaban J connectivity index is 1.54. The summed E-state index contributed by atoms with van der Waals surface area (Å²) >= 11 is 0. The van der Waals surface area contributed by atoms with E-state index in [0.29, 0.717) is 30.8 Å². The van der Waals surface area contributed by atoms with Crippen molar-refractivity contribution < 1.29 is 27.6 Å². The van der Waals surface area contributed by atoms with Crippen LogP contribution >= 0.6 is 0 Å². The minimum Gasteiger partial charge on any atom is -0.350 e. The highest BCUT2D eigenvalue weighted by atomic mass is 19.4. The number of amides is 3. The molecule has 3 rings (SSSR count). The lowest BCUT2D eigenvalue weighted by molar-refractivity contribution is -0.186. The molecule has 1 aliphatic carbocycles. The zero-order valence-corrected chi connectivity index (χ0v) is 13.1. The molecule has 6 nitrogen and oxygen atoms in total. The number of rotatable bonds is 3. The van der Waals surface area contributed by atoms with Gasteiger partial charge in [-0.2, -0.15) is 13.2 Å². The lowest BCUT2D eigenvalue weighted by Gasteiger charge is -2.26. The van der Waals surface area contributed by atoms with Gasteiger partial charge in [0.2, 0.25) is 11.8 Å². The van der Waals surface area contributed by atoms with Gasteiger partial charge < -0.3 is 15.1 Å². The van der Waals surface area contributed by atoms with E-state index in [1.54, 1.807) is 4.90 Å². The van der Waals surface area contributed by atoms with E-state index in [2.05, 4.69) is 5.32 Å². The van der Waals surface area contributed by atoms with Crippen LogP contribution in [-0.2, 0) is 14.4 Å². The molecule has 3 fully saturated rings. The molecule has 2 atom stereocenters. The summed E-state index contributed by atoms with van der Waals surface area (Å²) in [5.41, 5.74) is 0. The van der Waals surface area contributed by atoms with Crippen LogP contribution in [-0.4, -0.2) is 65.4 Å². The normalized spacial score (nSPS) is 27.5. The van der Waals surface area contributed by atoms with Crippen LogP contribution in [0.2, 0.25) is 0 Å². The topological polar surface area (TPSA) is 69.7 Å². The first-order valence-corrected chi connectivity index (χ1v) is 8.24. The summed E-state index contributed by atoms with van der Waals surface area (Å²) in [5, 5.41) is 2.71. The standard InChI is InChI=1S/C15H20F3N3O3/c16-15(17,18)14(24)21-6-1-2-11(21)12(22)19-10-5-7-20(8-10)13(23)9-3-4-9/h9-11H,1-8H2,(H,19,22). The Morgan fingerprint density at radius 3 is 2.33 bits per heavy atom. The van der Waals surface area contributed by atoms with E-state index in [4.69, 9.17) is 0 Å². The fraction of sp³-hybridized carbons (Fsp3) is 0.800. The van der Waals surface area contributed by atoms with E-state index in [1.807, 2.05) is 0 Å². The van der Waals surface area contributed by atoms with Gasteiger partial charge in [-0.3, -0.25) is 14.4 Å². The van der Waals surface area contributed by atoms with Gasteiger partial charge in [-0.25, -0.2) is 0 Å². The molecule has 2 heterocycles. The predicted octanol–water partition coefficient (Wildman–Crippen LogP) is 0.667. The summed E-state index contributed by atoms with van der Waals surface area (Å²) in [6.45, 7) is 0.880. The van der Waals surface area contributed by atoms with Gasteiger partial charge in [0.1, 0.15) is 6.04 Å². The highest BCUT2D eigenvalue weighted by Gasteiger charge is 2.48. The second kappa shape index (κ2) is 6.25. The quantitative estimate of drug-likeness (QED) is 0.816. The third-order valence-electron chi connectivity index (χ3n) is 4.83. The third kappa shape index (κ3) is 3.49. The Morgan fingerprint density at radius 1 is 1.00 bits per heavy atom.